The van der Waals surface area contributed by atoms with E-state index >= 15 is 0 Å². The minimum absolute atomic E-state index is 0.317. The van der Waals surface area contributed by atoms with Crippen molar-refractivity contribution in [3.05, 3.63) is 24.2 Å². The number of aliphatic hydroxyl groups is 1. The molecule has 2 rings (SSSR count). The van der Waals surface area contributed by atoms with Crippen LogP contribution < -0.4 is 5.32 Å². The molecule has 6 heteroatoms. The van der Waals surface area contributed by atoms with E-state index in [2.05, 4.69) is 10.2 Å². The van der Waals surface area contributed by atoms with Crippen molar-refractivity contribution in [2.45, 2.75) is 19.1 Å². The van der Waals surface area contributed by atoms with Crippen LogP contribution in [0.4, 0.5) is 0 Å². The van der Waals surface area contributed by atoms with Gasteiger partial charge >= 0.3 is 0 Å². The maximum absolute atomic E-state index is 9.78. The molecule has 1 atom stereocenters. The zero-order valence-corrected chi connectivity index (χ0v) is 12.5. The summed E-state index contributed by atoms with van der Waals surface area (Å²) in [4.78, 5) is 2.41. The number of hydrogen-bond donors (Lipinski definition) is 2. The number of nitrogens with zero attached hydrogens (tertiary/aromatic N) is 1. The number of aliphatic hydroxyl groups excluding tert-OH is 1. The third kappa shape index (κ3) is 7.06. The first-order chi connectivity index (χ1) is 10.3. The summed E-state index contributed by atoms with van der Waals surface area (Å²) in [5.74, 6) is 0.778. The lowest BCUT2D eigenvalue weighted by Crippen LogP contribution is -2.38. The average molecular weight is 298 g/mol. The van der Waals surface area contributed by atoms with Gasteiger partial charge in [0.1, 0.15) is 12.4 Å². The summed E-state index contributed by atoms with van der Waals surface area (Å²) in [6.45, 7) is 7.03. The summed E-state index contributed by atoms with van der Waals surface area (Å²) < 4.78 is 15.8. The summed E-state index contributed by atoms with van der Waals surface area (Å²) in [7, 11) is 0. The first-order valence-electron chi connectivity index (χ1n) is 7.63. The van der Waals surface area contributed by atoms with E-state index in [1.807, 2.05) is 12.1 Å². The highest BCUT2D eigenvalue weighted by atomic mass is 16.5. The Morgan fingerprint density at radius 1 is 1.38 bits per heavy atom. The Kier molecular flexibility index (Phi) is 7.77. The number of rotatable bonds is 10. The van der Waals surface area contributed by atoms with E-state index in [1.165, 1.54) is 0 Å². The highest BCUT2D eigenvalue weighted by molar-refractivity contribution is 4.96. The summed E-state index contributed by atoms with van der Waals surface area (Å²) in [6, 6.07) is 3.68. The lowest BCUT2D eigenvalue weighted by Gasteiger charge is -2.26. The Morgan fingerprint density at radius 2 is 2.24 bits per heavy atom. The zero-order valence-electron chi connectivity index (χ0n) is 12.5. The fourth-order valence-corrected chi connectivity index (χ4v) is 2.27. The number of ether oxygens (including phenoxy) is 2. The highest BCUT2D eigenvalue weighted by Gasteiger charge is 2.09. The van der Waals surface area contributed by atoms with E-state index in [4.69, 9.17) is 13.9 Å². The second-order valence-corrected chi connectivity index (χ2v) is 5.26. The second-order valence-electron chi connectivity index (χ2n) is 5.26. The maximum Gasteiger partial charge on any atom is 0.129 e. The molecule has 1 aromatic rings. The zero-order chi connectivity index (χ0) is 14.8. The van der Waals surface area contributed by atoms with Crippen molar-refractivity contribution >= 4 is 0 Å². The first-order valence-corrected chi connectivity index (χ1v) is 7.63. The minimum atomic E-state index is -0.483. The predicted octanol–water partition coefficient (Wildman–Crippen LogP) is 0.469. The molecule has 0 aliphatic carbocycles. The molecule has 0 saturated carbocycles. The van der Waals surface area contributed by atoms with Gasteiger partial charge < -0.3 is 24.3 Å². The SMILES string of the molecule is OC(CNCCCN1CCOCC1)COCc1ccco1. The molecule has 1 aliphatic heterocycles. The molecule has 0 bridgehead atoms. The molecule has 6 nitrogen and oxygen atoms in total. The number of furan rings is 1. The lowest BCUT2D eigenvalue weighted by molar-refractivity contribution is 0.0222. The Balaban J connectivity index is 1.41. The predicted molar refractivity (Wildman–Crippen MR) is 79.1 cm³/mol. The minimum Gasteiger partial charge on any atom is -0.467 e. The quantitative estimate of drug-likeness (QED) is 0.612. The molecule has 1 fully saturated rings. The molecule has 21 heavy (non-hydrogen) atoms. The van der Waals surface area contributed by atoms with E-state index in [-0.39, 0.29) is 0 Å². The second kappa shape index (κ2) is 9.92. The Bertz CT molecular complexity index is 353. The van der Waals surface area contributed by atoms with Crippen molar-refractivity contribution in [2.75, 3.05) is 52.5 Å². The van der Waals surface area contributed by atoms with Crippen molar-refractivity contribution in [3.63, 3.8) is 0 Å². The number of morpholine rings is 1. The van der Waals surface area contributed by atoms with Gasteiger partial charge in [0.15, 0.2) is 0 Å². The van der Waals surface area contributed by atoms with E-state index in [1.54, 1.807) is 6.26 Å². The van der Waals surface area contributed by atoms with Gasteiger partial charge in [0.05, 0.1) is 32.2 Å². The molecule has 1 aliphatic rings. The van der Waals surface area contributed by atoms with Crippen molar-refractivity contribution in [1.82, 2.24) is 10.2 Å². The molecule has 1 unspecified atom stereocenters. The molecular formula is C15H26N2O4. The molecule has 1 aromatic heterocycles. The van der Waals surface area contributed by atoms with Gasteiger partial charge in [-0.25, -0.2) is 0 Å². The Hall–Kier alpha value is -0.920. The molecule has 0 amide bonds. The summed E-state index contributed by atoms with van der Waals surface area (Å²) in [5, 5.41) is 13.0. The van der Waals surface area contributed by atoms with E-state index in [0.717, 1.165) is 51.6 Å². The monoisotopic (exact) mass is 298 g/mol. The van der Waals surface area contributed by atoms with Gasteiger partial charge in [0, 0.05) is 19.6 Å². The van der Waals surface area contributed by atoms with Crippen LogP contribution in [0.15, 0.2) is 22.8 Å². The van der Waals surface area contributed by atoms with Crippen molar-refractivity contribution in [2.24, 2.45) is 0 Å². The van der Waals surface area contributed by atoms with Crippen molar-refractivity contribution in [1.29, 1.82) is 0 Å². The molecule has 2 heterocycles. The Labute approximate surface area is 126 Å². The van der Waals surface area contributed by atoms with Crippen LogP contribution in [0.3, 0.4) is 0 Å². The first kappa shape index (κ1) is 16.5. The number of nitrogens with one attached hydrogen (secondary N) is 1. The van der Waals surface area contributed by atoms with Gasteiger partial charge in [-0.3, -0.25) is 4.90 Å². The van der Waals surface area contributed by atoms with Gasteiger partial charge in [0.25, 0.3) is 0 Å². The molecule has 1 saturated heterocycles. The smallest absolute Gasteiger partial charge is 0.129 e. The van der Waals surface area contributed by atoms with Crippen LogP contribution in [0.5, 0.6) is 0 Å². The highest BCUT2D eigenvalue weighted by Crippen LogP contribution is 2.02. The van der Waals surface area contributed by atoms with Gasteiger partial charge in [0.2, 0.25) is 0 Å². The van der Waals surface area contributed by atoms with Crippen LogP contribution >= 0.6 is 0 Å². The normalized spacial score (nSPS) is 18.0. The topological polar surface area (TPSA) is 67.1 Å². The third-order valence-corrected chi connectivity index (χ3v) is 3.45. The van der Waals surface area contributed by atoms with E-state index in [9.17, 15) is 5.11 Å². The Morgan fingerprint density at radius 3 is 3.00 bits per heavy atom. The molecule has 0 spiro atoms. The van der Waals surface area contributed by atoms with Gasteiger partial charge in [-0.1, -0.05) is 0 Å². The van der Waals surface area contributed by atoms with Crippen LogP contribution in [0.25, 0.3) is 0 Å². The van der Waals surface area contributed by atoms with Crippen molar-refractivity contribution < 1.29 is 19.0 Å². The summed E-state index contributed by atoms with van der Waals surface area (Å²) in [6.07, 6.45) is 2.22. The van der Waals surface area contributed by atoms with Gasteiger partial charge in [-0.15, -0.1) is 0 Å². The fourth-order valence-electron chi connectivity index (χ4n) is 2.27. The van der Waals surface area contributed by atoms with Crippen LogP contribution in [0, 0.1) is 0 Å². The molecule has 0 radical (unpaired) electrons. The maximum atomic E-state index is 9.78. The number of hydrogen-bond acceptors (Lipinski definition) is 6. The molecule has 0 aromatic carbocycles. The van der Waals surface area contributed by atoms with Crippen LogP contribution in [-0.4, -0.2) is 68.7 Å². The summed E-state index contributed by atoms with van der Waals surface area (Å²) in [5.41, 5.74) is 0. The standard InChI is InChI=1S/C15H26N2O4/c18-14(12-20-13-15-3-1-8-21-15)11-16-4-2-5-17-6-9-19-10-7-17/h1,3,8,14,16,18H,2,4-7,9-13H2. The summed E-state index contributed by atoms with van der Waals surface area (Å²) >= 11 is 0. The molecule has 120 valence electrons. The van der Waals surface area contributed by atoms with E-state index < -0.39 is 6.10 Å². The molecular weight excluding hydrogens is 272 g/mol. The van der Waals surface area contributed by atoms with Crippen LogP contribution in [-0.2, 0) is 16.1 Å². The van der Waals surface area contributed by atoms with Crippen molar-refractivity contribution in [3.8, 4) is 0 Å². The fraction of sp³-hybridized carbons (Fsp3) is 0.733. The van der Waals surface area contributed by atoms with Crippen LogP contribution in [0.2, 0.25) is 0 Å². The lowest BCUT2D eigenvalue weighted by atomic mass is 10.3. The largest absolute Gasteiger partial charge is 0.467 e. The van der Waals surface area contributed by atoms with Gasteiger partial charge in [-0.05, 0) is 31.6 Å². The van der Waals surface area contributed by atoms with Crippen LogP contribution in [0.1, 0.15) is 12.2 Å². The third-order valence-electron chi connectivity index (χ3n) is 3.45. The van der Waals surface area contributed by atoms with E-state index in [0.29, 0.717) is 19.8 Å². The average Bonchev–Trinajstić information content (AvgIpc) is 3.01. The molecule has 2 N–H and O–H groups in total. The van der Waals surface area contributed by atoms with Gasteiger partial charge in [-0.2, -0.15) is 0 Å².